The van der Waals surface area contributed by atoms with Gasteiger partial charge in [0.15, 0.2) is 0 Å². The Morgan fingerprint density at radius 3 is 2.29 bits per heavy atom. The Morgan fingerprint density at radius 2 is 1.71 bits per heavy atom. The summed E-state index contributed by atoms with van der Waals surface area (Å²) in [6.07, 6.45) is 0. The molecule has 6 nitrogen and oxygen atoms in total. The molecule has 0 aliphatic heterocycles. The van der Waals surface area contributed by atoms with Crippen molar-refractivity contribution in [1.82, 2.24) is 15.1 Å². The Hall–Kier alpha value is -2.80. The summed E-state index contributed by atoms with van der Waals surface area (Å²) in [5, 5.41) is 7.58. The molecule has 0 saturated carbocycles. The van der Waals surface area contributed by atoms with Crippen LogP contribution in [0, 0.1) is 13.8 Å². The molecule has 0 radical (unpaired) electrons. The fourth-order valence-corrected chi connectivity index (χ4v) is 3.58. The number of methoxy groups -OCH3 is 2. The van der Waals surface area contributed by atoms with E-state index in [4.69, 9.17) is 9.47 Å². The van der Waals surface area contributed by atoms with Crippen molar-refractivity contribution in [3.8, 4) is 17.2 Å². The van der Waals surface area contributed by atoms with Crippen molar-refractivity contribution in [2.24, 2.45) is 0 Å². The maximum absolute atomic E-state index is 12.7. The number of hydrogen-bond donors (Lipinski definition) is 1. The first-order chi connectivity index (χ1) is 13.5. The third kappa shape index (κ3) is 3.89. The predicted molar refractivity (Wildman–Crippen MR) is 111 cm³/mol. The highest BCUT2D eigenvalue weighted by Crippen LogP contribution is 2.35. The van der Waals surface area contributed by atoms with Gasteiger partial charge in [0.25, 0.3) is 5.91 Å². The van der Waals surface area contributed by atoms with Crippen LogP contribution in [0.5, 0.6) is 11.5 Å². The van der Waals surface area contributed by atoms with Crippen LogP contribution in [0.1, 0.15) is 27.3 Å². The van der Waals surface area contributed by atoms with E-state index < -0.39 is 0 Å². The Bertz CT molecular complexity index is 975. The van der Waals surface area contributed by atoms with Crippen LogP contribution in [0.2, 0.25) is 0 Å². The minimum absolute atomic E-state index is 0.213. The standard InChI is InChI=1S/C21H22BrN3O3/c1-13-17(14(2)25(24-13)16-8-6-5-7-9-16)12-23-21(26)15-10-18(27-3)20(22)19(11-15)28-4/h5-11H,12H2,1-4H3,(H,23,26). The lowest BCUT2D eigenvalue weighted by Crippen LogP contribution is -2.23. The van der Waals surface area contributed by atoms with Crippen molar-refractivity contribution in [3.63, 3.8) is 0 Å². The largest absolute Gasteiger partial charge is 0.495 e. The van der Waals surface area contributed by atoms with Crippen LogP contribution in [-0.2, 0) is 6.54 Å². The van der Waals surface area contributed by atoms with Crippen molar-refractivity contribution in [2.75, 3.05) is 14.2 Å². The molecule has 0 fully saturated rings. The molecule has 0 bridgehead atoms. The summed E-state index contributed by atoms with van der Waals surface area (Å²) in [4.78, 5) is 12.7. The molecule has 0 atom stereocenters. The monoisotopic (exact) mass is 443 g/mol. The van der Waals surface area contributed by atoms with Gasteiger partial charge in [-0.3, -0.25) is 4.79 Å². The van der Waals surface area contributed by atoms with Gasteiger partial charge >= 0.3 is 0 Å². The van der Waals surface area contributed by atoms with Gasteiger partial charge in [-0.25, -0.2) is 4.68 Å². The van der Waals surface area contributed by atoms with Gasteiger partial charge in [0.05, 0.1) is 25.6 Å². The maximum Gasteiger partial charge on any atom is 0.251 e. The van der Waals surface area contributed by atoms with Gasteiger partial charge in [-0.1, -0.05) is 18.2 Å². The number of nitrogens with zero attached hydrogens (tertiary/aromatic N) is 2. The van der Waals surface area contributed by atoms with E-state index in [-0.39, 0.29) is 5.91 Å². The number of aryl methyl sites for hydroxylation is 1. The van der Waals surface area contributed by atoms with E-state index in [0.717, 1.165) is 22.6 Å². The van der Waals surface area contributed by atoms with E-state index >= 15 is 0 Å². The molecule has 7 heteroatoms. The third-order valence-corrected chi connectivity index (χ3v) is 5.36. The van der Waals surface area contributed by atoms with Gasteiger partial charge in [0, 0.05) is 23.4 Å². The lowest BCUT2D eigenvalue weighted by atomic mass is 10.1. The highest BCUT2D eigenvalue weighted by molar-refractivity contribution is 9.10. The van der Waals surface area contributed by atoms with Gasteiger partial charge in [-0.15, -0.1) is 0 Å². The smallest absolute Gasteiger partial charge is 0.251 e. The minimum atomic E-state index is -0.213. The molecule has 146 valence electrons. The molecule has 1 heterocycles. The fraction of sp³-hybridized carbons (Fsp3) is 0.238. The molecule has 0 saturated heterocycles. The second-order valence-corrected chi connectivity index (χ2v) is 7.07. The first kappa shape index (κ1) is 19.9. The first-order valence-electron chi connectivity index (χ1n) is 8.76. The average Bonchev–Trinajstić information content (AvgIpc) is 3.00. The van der Waals surface area contributed by atoms with Crippen molar-refractivity contribution in [1.29, 1.82) is 0 Å². The highest BCUT2D eigenvalue weighted by atomic mass is 79.9. The van der Waals surface area contributed by atoms with E-state index in [0.29, 0.717) is 28.1 Å². The number of hydrogen-bond acceptors (Lipinski definition) is 4. The molecule has 0 spiro atoms. The number of aromatic nitrogens is 2. The number of para-hydroxylation sites is 1. The van der Waals surface area contributed by atoms with E-state index in [9.17, 15) is 4.79 Å². The quantitative estimate of drug-likeness (QED) is 0.619. The van der Waals surface area contributed by atoms with Crippen LogP contribution in [0.3, 0.4) is 0 Å². The summed E-state index contributed by atoms with van der Waals surface area (Å²) in [6, 6.07) is 13.3. The topological polar surface area (TPSA) is 65.4 Å². The average molecular weight is 444 g/mol. The summed E-state index contributed by atoms with van der Waals surface area (Å²) in [5.41, 5.74) is 4.32. The van der Waals surface area contributed by atoms with Crippen LogP contribution >= 0.6 is 15.9 Å². The maximum atomic E-state index is 12.7. The molecule has 2 aromatic carbocycles. The van der Waals surface area contributed by atoms with Crippen LogP contribution in [0.25, 0.3) is 5.69 Å². The zero-order valence-electron chi connectivity index (χ0n) is 16.2. The molecule has 0 aliphatic carbocycles. The third-order valence-electron chi connectivity index (χ3n) is 4.58. The fourth-order valence-electron chi connectivity index (χ4n) is 3.02. The number of amides is 1. The lowest BCUT2D eigenvalue weighted by Gasteiger charge is -2.12. The summed E-state index contributed by atoms with van der Waals surface area (Å²) < 4.78 is 13.2. The first-order valence-corrected chi connectivity index (χ1v) is 9.55. The zero-order valence-corrected chi connectivity index (χ0v) is 17.8. The molecular formula is C21H22BrN3O3. The van der Waals surface area contributed by atoms with Crippen molar-refractivity contribution >= 4 is 21.8 Å². The molecular weight excluding hydrogens is 422 g/mol. The summed E-state index contributed by atoms with van der Waals surface area (Å²) in [7, 11) is 3.10. The molecule has 0 aliphatic rings. The van der Waals surface area contributed by atoms with Gasteiger partial charge in [-0.05, 0) is 54.0 Å². The van der Waals surface area contributed by atoms with E-state index in [1.54, 1.807) is 26.4 Å². The van der Waals surface area contributed by atoms with Gasteiger partial charge in [0.2, 0.25) is 0 Å². The summed E-state index contributed by atoms with van der Waals surface area (Å²) >= 11 is 3.41. The molecule has 1 N–H and O–H groups in total. The Balaban J connectivity index is 1.82. The van der Waals surface area contributed by atoms with Gasteiger partial charge in [0.1, 0.15) is 16.0 Å². The van der Waals surface area contributed by atoms with Crippen molar-refractivity contribution in [3.05, 3.63) is 69.5 Å². The van der Waals surface area contributed by atoms with Crippen LogP contribution in [0.15, 0.2) is 46.9 Å². The van der Waals surface area contributed by atoms with Crippen LogP contribution < -0.4 is 14.8 Å². The number of carbonyl (C=O) groups excluding carboxylic acids is 1. The number of rotatable bonds is 6. The van der Waals surface area contributed by atoms with E-state index in [1.165, 1.54) is 0 Å². The second kappa shape index (κ2) is 8.48. The number of carbonyl (C=O) groups is 1. The summed E-state index contributed by atoms with van der Waals surface area (Å²) in [6.45, 7) is 4.32. The van der Waals surface area contributed by atoms with E-state index in [2.05, 4.69) is 26.3 Å². The van der Waals surface area contributed by atoms with E-state index in [1.807, 2.05) is 48.9 Å². The number of ether oxygens (including phenoxy) is 2. The predicted octanol–water partition coefficient (Wildman–Crippen LogP) is 4.20. The normalized spacial score (nSPS) is 10.6. The molecule has 1 amide bonds. The number of halogens is 1. The van der Waals surface area contributed by atoms with Crippen molar-refractivity contribution in [2.45, 2.75) is 20.4 Å². The molecule has 28 heavy (non-hydrogen) atoms. The molecule has 0 unspecified atom stereocenters. The Labute approximate surface area is 172 Å². The number of benzene rings is 2. The van der Waals surface area contributed by atoms with Crippen molar-refractivity contribution < 1.29 is 14.3 Å². The molecule has 3 rings (SSSR count). The lowest BCUT2D eigenvalue weighted by molar-refractivity contribution is 0.0950. The SMILES string of the molecule is COc1cc(C(=O)NCc2c(C)nn(-c3ccccc3)c2C)cc(OC)c1Br. The number of nitrogens with one attached hydrogen (secondary N) is 1. The van der Waals surface area contributed by atoms with Gasteiger partial charge < -0.3 is 14.8 Å². The minimum Gasteiger partial charge on any atom is -0.495 e. The summed E-state index contributed by atoms with van der Waals surface area (Å²) in [5.74, 6) is 0.859. The van der Waals surface area contributed by atoms with Gasteiger partial charge in [-0.2, -0.15) is 5.10 Å². The molecule has 1 aromatic heterocycles. The zero-order chi connectivity index (χ0) is 20.3. The van der Waals surface area contributed by atoms with Crippen LogP contribution in [0.4, 0.5) is 0 Å². The Morgan fingerprint density at radius 1 is 1.11 bits per heavy atom. The second-order valence-electron chi connectivity index (χ2n) is 6.27. The Kier molecular flexibility index (Phi) is 6.04. The molecule has 3 aromatic rings. The highest BCUT2D eigenvalue weighted by Gasteiger charge is 2.17. The van der Waals surface area contributed by atoms with Crippen LogP contribution in [-0.4, -0.2) is 29.9 Å².